The van der Waals surface area contributed by atoms with Gasteiger partial charge < -0.3 is 10.1 Å². The van der Waals surface area contributed by atoms with E-state index in [4.69, 9.17) is 6.57 Å². The molecule has 0 unspecified atom stereocenters. The van der Waals surface area contributed by atoms with Gasteiger partial charge in [-0.15, -0.1) is 34.9 Å². The van der Waals surface area contributed by atoms with Crippen molar-refractivity contribution in [3.63, 3.8) is 0 Å². The van der Waals surface area contributed by atoms with Crippen LogP contribution < -0.4 is 0 Å². The molecule has 2 saturated carbocycles. The van der Waals surface area contributed by atoms with Crippen molar-refractivity contribution in [3.8, 4) is 11.3 Å². The van der Waals surface area contributed by atoms with Crippen LogP contribution in [0.15, 0.2) is 66.6 Å². The number of aliphatic hydroxyl groups excluding tert-OH is 1. The summed E-state index contributed by atoms with van der Waals surface area (Å²) in [4.78, 5) is 20.4. The molecule has 0 atom stereocenters. The van der Waals surface area contributed by atoms with Crippen LogP contribution in [0.5, 0.6) is 0 Å². The average Bonchev–Trinajstić information content (AvgIpc) is 3.01. The van der Waals surface area contributed by atoms with Crippen molar-refractivity contribution in [2.45, 2.75) is 78.1 Å². The van der Waals surface area contributed by atoms with E-state index in [9.17, 15) is 9.90 Å². The number of aryl methyl sites for hydroxylation is 2. The predicted molar refractivity (Wildman–Crippen MR) is 168 cm³/mol. The third kappa shape index (κ3) is 7.35. The molecule has 4 nitrogen and oxygen atoms in total. The number of pyridine rings is 1. The second kappa shape index (κ2) is 14.7. The second-order valence-corrected chi connectivity index (χ2v) is 11.7. The molecule has 2 aliphatic rings. The average molecular weight is 736 g/mol. The number of ketones is 1. The van der Waals surface area contributed by atoms with Crippen LogP contribution in [0.3, 0.4) is 0 Å². The Hall–Kier alpha value is -3.32. The number of rotatable bonds is 4. The van der Waals surface area contributed by atoms with E-state index in [0.29, 0.717) is 11.4 Å². The summed E-state index contributed by atoms with van der Waals surface area (Å²) >= 11 is 0. The van der Waals surface area contributed by atoms with E-state index in [1.54, 1.807) is 6.08 Å². The molecule has 2 fully saturated rings. The number of allylic oxidation sites excluding steroid dienone is 2. The van der Waals surface area contributed by atoms with E-state index in [-0.39, 0.29) is 37.7 Å². The summed E-state index contributed by atoms with van der Waals surface area (Å²) in [7, 11) is 0. The summed E-state index contributed by atoms with van der Waals surface area (Å²) in [5.41, 5.74) is 4.90. The molecule has 5 heteroatoms. The fourth-order valence-electron chi connectivity index (χ4n) is 6.52. The Kier molecular flexibility index (Phi) is 11.1. The van der Waals surface area contributed by atoms with Crippen LogP contribution in [-0.2, 0) is 24.9 Å². The monoisotopic (exact) mass is 736 g/mol. The Morgan fingerprint density at radius 2 is 1.57 bits per heavy atom. The van der Waals surface area contributed by atoms with Gasteiger partial charge in [0.2, 0.25) is 0 Å². The van der Waals surface area contributed by atoms with Crippen molar-refractivity contribution >= 4 is 33.0 Å². The van der Waals surface area contributed by atoms with Crippen LogP contribution in [0.2, 0.25) is 0 Å². The number of hydrogen-bond acceptors (Lipinski definition) is 3. The summed E-state index contributed by atoms with van der Waals surface area (Å²) in [5, 5.41) is 14.2. The maximum atomic E-state index is 12.0. The first-order chi connectivity index (χ1) is 19.9. The number of carbonyl (C=O) groups is 1. The van der Waals surface area contributed by atoms with Crippen molar-refractivity contribution in [2.75, 3.05) is 0 Å². The molecule has 42 heavy (non-hydrogen) atoms. The summed E-state index contributed by atoms with van der Waals surface area (Å²) in [5.74, 6) is 0.985. The van der Waals surface area contributed by atoms with Crippen LogP contribution in [0.4, 0.5) is 5.69 Å². The smallest absolute Gasteiger partial charge is 0.195 e. The molecule has 0 amide bonds. The van der Waals surface area contributed by atoms with E-state index in [2.05, 4.69) is 47.9 Å². The first-order valence-electron chi connectivity index (χ1n) is 15.1. The van der Waals surface area contributed by atoms with Crippen LogP contribution in [0.25, 0.3) is 37.6 Å². The number of carbonyl (C=O) groups excluding carboxylic acids is 1. The number of aliphatic hydroxyl groups is 1. The first-order valence-corrected chi connectivity index (χ1v) is 15.1. The third-order valence-corrected chi connectivity index (χ3v) is 8.59. The summed E-state index contributed by atoms with van der Waals surface area (Å²) in [6.45, 7) is 11.6. The number of nitrogens with zero attached hydrogens (tertiary/aromatic N) is 2. The van der Waals surface area contributed by atoms with Gasteiger partial charge in [0.1, 0.15) is 0 Å². The maximum Gasteiger partial charge on any atom is 0.195 e. The van der Waals surface area contributed by atoms with Gasteiger partial charge in [-0.25, -0.2) is 4.85 Å². The van der Waals surface area contributed by atoms with Gasteiger partial charge in [-0.2, -0.15) is 0 Å². The molecule has 0 bridgehead atoms. The topological polar surface area (TPSA) is 54.5 Å². The van der Waals surface area contributed by atoms with Crippen molar-refractivity contribution in [1.82, 2.24) is 4.98 Å². The van der Waals surface area contributed by atoms with Crippen LogP contribution in [0, 0.1) is 38.3 Å². The minimum absolute atomic E-state index is 0. The fraction of sp³-hybridized carbons (Fsp3) is 0.378. The molecule has 0 saturated heterocycles. The van der Waals surface area contributed by atoms with Crippen molar-refractivity contribution in [1.29, 1.82) is 0 Å². The summed E-state index contributed by atoms with van der Waals surface area (Å²) in [6.07, 6.45) is 14.8. The molecule has 0 aliphatic heterocycles. The van der Waals surface area contributed by atoms with Crippen molar-refractivity contribution < 1.29 is 30.0 Å². The zero-order chi connectivity index (χ0) is 28.8. The van der Waals surface area contributed by atoms with Gasteiger partial charge in [0.15, 0.2) is 11.5 Å². The molecular weight excluding hydrogens is 697 g/mol. The zero-order valence-electron chi connectivity index (χ0n) is 24.6. The van der Waals surface area contributed by atoms with Gasteiger partial charge in [0.25, 0.3) is 0 Å². The molecule has 3 aromatic carbocycles. The normalized spacial score (nSPS) is 16.3. The van der Waals surface area contributed by atoms with E-state index in [1.807, 2.05) is 36.5 Å². The van der Waals surface area contributed by atoms with Gasteiger partial charge in [-0.3, -0.25) is 4.79 Å². The number of aromatic nitrogens is 1. The van der Waals surface area contributed by atoms with Gasteiger partial charge in [-0.1, -0.05) is 76.6 Å². The standard InChI is InChI=1S/C22H15N2.C15H24O2.Ir/c1-14-10-15(2)12-17(11-14)22-21-16(8-9-24-22)13-20(23-3)18-6-4-5-7-19(18)21;16-14(12-7-3-1-4-8-12)11-15(17)13-9-5-2-6-10-13;/h4-11,13H,1-2H3;11-13,16H,1-10H2;/q-1;;/b;14-11-;. The second-order valence-electron chi connectivity index (χ2n) is 11.7. The zero-order valence-corrected chi connectivity index (χ0v) is 27.0. The van der Waals surface area contributed by atoms with Crippen molar-refractivity contribution in [3.05, 3.63) is 95.2 Å². The summed E-state index contributed by atoms with van der Waals surface area (Å²) in [6, 6.07) is 19.6. The Morgan fingerprint density at radius 1 is 0.929 bits per heavy atom. The maximum absolute atomic E-state index is 12.0. The minimum Gasteiger partial charge on any atom is -0.512 e. The molecule has 4 aromatic rings. The Labute approximate surface area is 263 Å². The summed E-state index contributed by atoms with van der Waals surface area (Å²) < 4.78 is 0. The minimum atomic E-state index is 0. The largest absolute Gasteiger partial charge is 0.512 e. The van der Waals surface area contributed by atoms with Crippen molar-refractivity contribution in [2.24, 2.45) is 11.8 Å². The molecular formula is C37H39IrN2O2-. The first kappa shape index (κ1) is 31.6. The molecule has 2 aliphatic carbocycles. The SMILES string of the molecule is O=C(/C=C(\O)C1CCCCC1)C1CCCCC1.[C-]#[N+]c1cc2ccnc(-c3[c-]c(C)cc(C)c3)c2c2ccccc12.[Ir]. The van der Waals surface area contributed by atoms with Crippen LogP contribution >= 0.6 is 0 Å². The molecule has 219 valence electrons. The molecule has 0 spiro atoms. The van der Waals surface area contributed by atoms with E-state index < -0.39 is 0 Å². The Morgan fingerprint density at radius 3 is 2.21 bits per heavy atom. The Balaban J connectivity index is 0.000000200. The third-order valence-electron chi connectivity index (χ3n) is 8.59. The quantitative estimate of drug-likeness (QED) is 0.0983. The molecule has 1 heterocycles. The fourth-order valence-corrected chi connectivity index (χ4v) is 6.52. The molecule has 1 aromatic heterocycles. The van der Waals surface area contributed by atoms with Gasteiger partial charge in [-0.05, 0) is 65.1 Å². The van der Waals surface area contributed by atoms with Gasteiger partial charge >= 0.3 is 0 Å². The van der Waals surface area contributed by atoms with E-state index in [0.717, 1.165) is 64.0 Å². The number of hydrogen-bond donors (Lipinski definition) is 1. The molecule has 6 rings (SSSR count). The Bertz CT molecular complexity index is 1600. The predicted octanol–water partition coefficient (Wildman–Crippen LogP) is 10.2. The van der Waals surface area contributed by atoms with Gasteiger partial charge in [0.05, 0.1) is 12.3 Å². The van der Waals surface area contributed by atoms with Crippen LogP contribution in [-0.4, -0.2) is 15.9 Å². The number of benzene rings is 3. The number of fused-ring (bicyclic) bond motifs is 3. The van der Waals surface area contributed by atoms with Crippen LogP contribution in [0.1, 0.15) is 75.3 Å². The molecule has 1 radical (unpaired) electrons. The van der Waals surface area contributed by atoms with E-state index >= 15 is 0 Å². The molecule has 1 N–H and O–H groups in total. The van der Waals surface area contributed by atoms with E-state index in [1.165, 1.54) is 44.1 Å². The van der Waals surface area contributed by atoms with Gasteiger partial charge in [0, 0.05) is 44.2 Å².